The van der Waals surface area contributed by atoms with Crippen LogP contribution in [-0.4, -0.2) is 56.2 Å². The largest absolute Gasteiger partial charge is 0.412 e. The van der Waals surface area contributed by atoms with E-state index >= 15 is 0 Å². The molecule has 3 aromatic carbocycles. The van der Waals surface area contributed by atoms with E-state index in [9.17, 15) is 14.0 Å². The summed E-state index contributed by atoms with van der Waals surface area (Å²) < 4.78 is 19.8. The molecule has 7 nitrogen and oxygen atoms in total. The number of amides is 2. The van der Waals surface area contributed by atoms with Crippen LogP contribution in [0.25, 0.3) is 11.1 Å². The Balaban J connectivity index is 1.20. The van der Waals surface area contributed by atoms with E-state index in [1.807, 2.05) is 24.3 Å². The maximum atomic E-state index is 14.6. The first-order valence-electron chi connectivity index (χ1n) is 12.0. The summed E-state index contributed by atoms with van der Waals surface area (Å²) in [7, 11) is 0. The number of nitrogens with two attached hydrogens (primary N) is 1. The van der Waals surface area contributed by atoms with Crippen LogP contribution in [0.4, 0.5) is 14.9 Å². The molecule has 0 aliphatic carbocycles. The van der Waals surface area contributed by atoms with Crippen LogP contribution in [-0.2, 0) is 0 Å². The normalized spacial score (nSPS) is 14.0. The predicted octanol–water partition coefficient (Wildman–Crippen LogP) is 5.37. The molecule has 4 rings (SSSR count). The highest BCUT2D eigenvalue weighted by Crippen LogP contribution is 2.33. The molecule has 10 heteroatoms. The van der Waals surface area contributed by atoms with Gasteiger partial charge in [0.25, 0.3) is 0 Å². The minimum atomic E-state index is -0.690. The third-order valence-corrected chi connectivity index (χ3v) is 6.96. The molecular formula is C28H27Cl2FN4O3. The van der Waals surface area contributed by atoms with Gasteiger partial charge in [0.2, 0.25) is 5.91 Å². The fraction of sp³-hybridized carbons (Fsp3) is 0.214. The molecule has 2 amide bonds. The average Bonchev–Trinajstić information content (AvgIpc) is 2.90. The van der Waals surface area contributed by atoms with Crippen LogP contribution in [0.3, 0.4) is 0 Å². The molecule has 0 radical (unpaired) electrons. The summed E-state index contributed by atoms with van der Waals surface area (Å²) in [4.78, 5) is 28.0. The van der Waals surface area contributed by atoms with Crippen molar-refractivity contribution in [2.75, 3.05) is 44.2 Å². The highest BCUT2D eigenvalue weighted by Gasteiger charge is 2.19. The Morgan fingerprint density at radius 2 is 1.76 bits per heavy atom. The van der Waals surface area contributed by atoms with Gasteiger partial charge >= 0.3 is 6.09 Å². The van der Waals surface area contributed by atoms with Crippen LogP contribution in [0, 0.1) is 5.82 Å². The molecule has 0 atom stereocenters. The number of halogens is 3. The second-order valence-corrected chi connectivity index (χ2v) is 9.47. The number of primary amides is 1. The molecule has 1 heterocycles. The molecule has 3 aromatic rings. The number of hydrogen-bond donors (Lipinski definition) is 2. The van der Waals surface area contributed by atoms with Crippen molar-refractivity contribution in [2.24, 2.45) is 5.73 Å². The molecule has 198 valence electrons. The highest BCUT2D eigenvalue weighted by molar-refractivity contribution is 6.43. The standard InChI is InChI=1S/C28H27Cl2FN4O3/c29-23-7-4-8-25(26(23)30)35-15-13-34(14-16-35)12-2-1-11-33-28(37)38-21-9-10-22(24(31)18-21)19-5-3-6-20(17-19)27(32)36/h1-10,17-18H,11-16H2,(H2,32,36)(H,33,37). The number of rotatable bonds is 8. The van der Waals surface area contributed by atoms with Gasteiger partial charge in [-0.1, -0.05) is 53.6 Å². The van der Waals surface area contributed by atoms with Gasteiger partial charge in [-0.3, -0.25) is 9.69 Å². The topological polar surface area (TPSA) is 87.9 Å². The van der Waals surface area contributed by atoms with Gasteiger partial charge in [0.15, 0.2) is 0 Å². The van der Waals surface area contributed by atoms with Gasteiger partial charge in [-0.05, 0) is 42.0 Å². The van der Waals surface area contributed by atoms with Crippen molar-refractivity contribution in [1.29, 1.82) is 0 Å². The van der Waals surface area contributed by atoms with Gasteiger partial charge in [0, 0.05) is 56.5 Å². The summed E-state index contributed by atoms with van der Waals surface area (Å²) in [5.74, 6) is -1.12. The van der Waals surface area contributed by atoms with Gasteiger partial charge in [-0.2, -0.15) is 0 Å². The molecule has 1 aliphatic heterocycles. The average molecular weight is 557 g/mol. The summed E-state index contributed by atoms with van der Waals surface area (Å²) >= 11 is 12.5. The Morgan fingerprint density at radius 3 is 2.50 bits per heavy atom. The summed E-state index contributed by atoms with van der Waals surface area (Å²) in [5, 5.41) is 3.75. The van der Waals surface area contributed by atoms with Crippen molar-refractivity contribution in [2.45, 2.75) is 0 Å². The van der Waals surface area contributed by atoms with Crippen LogP contribution in [0.5, 0.6) is 5.75 Å². The number of carbonyl (C=O) groups excluding carboxylic acids is 2. The fourth-order valence-corrected chi connectivity index (χ4v) is 4.55. The number of piperazine rings is 1. The van der Waals surface area contributed by atoms with E-state index in [1.54, 1.807) is 24.3 Å². The Labute approximate surface area is 230 Å². The van der Waals surface area contributed by atoms with Crippen LogP contribution < -0.4 is 20.7 Å². The molecule has 1 saturated heterocycles. The zero-order chi connectivity index (χ0) is 27.1. The van der Waals surface area contributed by atoms with Crippen molar-refractivity contribution < 1.29 is 18.7 Å². The zero-order valence-electron chi connectivity index (χ0n) is 20.5. The first-order chi connectivity index (χ1) is 18.3. The third kappa shape index (κ3) is 7.04. The van der Waals surface area contributed by atoms with Crippen molar-refractivity contribution in [3.8, 4) is 16.9 Å². The molecule has 0 aromatic heterocycles. The highest BCUT2D eigenvalue weighted by atomic mass is 35.5. The first kappa shape index (κ1) is 27.4. The Kier molecular flexibility index (Phi) is 9.23. The molecular weight excluding hydrogens is 530 g/mol. The summed E-state index contributed by atoms with van der Waals surface area (Å²) in [5.41, 5.74) is 7.28. The number of carbonyl (C=O) groups is 2. The molecule has 0 spiro atoms. The van der Waals surface area contributed by atoms with Gasteiger partial charge in [0.1, 0.15) is 11.6 Å². The Morgan fingerprint density at radius 1 is 1.00 bits per heavy atom. The lowest BCUT2D eigenvalue weighted by Gasteiger charge is -2.36. The number of ether oxygens (including phenoxy) is 1. The number of nitrogens with one attached hydrogen (secondary N) is 1. The van der Waals surface area contributed by atoms with Crippen molar-refractivity contribution >= 4 is 40.9 Å². The van der Waals surface area contributed by atoms with Crippen molar-refractivity contribution in [3.63, 3.8) is 0 Å². The first-order valence-corrected chi connectivity index (χ1v) is 12.8. The van der Waals surface area contributed by atoms with Gasteiger partial charge in [-0.25, -0.2) is 9.18 Å². The maximum Gasteiger partial charge on any atom is 0.412 e. The van der Waals surface area contributed by atoms with Crippen LogP contribution in [0.2, 0.25) is 10.0 Å². The lowest BCUT2D eigenvalue weighted by atomic mass is 10.0. The molecule has 1 fully saturated rings. The SMILES string of the molecule is NC(=O)c1cccc(-c2ccc(OC(=O)NCC=CCN3CCN(c4cccc(Cl)c4Cl)CC3)cc2F)c1. The van der Waals surface area contributed by atoms with E-state index in [-0.39, 0.29) is 23.4 Å². The van der Waals surface area contributed by atoms with E-state index < -0.39 is 17.8 Å². The summed E-state index contributed by atoms with van der Waals surface area (Å²) in [6.45, 7) is 4.44. The van der Waals surface area contributed by atoms with Crippen LogP contribution in [0.1, 0.15) is 10.4 Å². The lowest BCUT2D eigenvalue weighted by molar-refractivity contribution is 0.1000. The zero-order valence-corrected chi connectivity index (χ0v) is 22.0. The Hall–Kier alpha value is -3.59. The molecule has 1 aliphatic rings. The maximum absolute atomic E-state index is 14.6. The van der Waals surface area contributed by atoms with Crippen molar-refractivity contribution in [3.05, 3.63) is 94.2 Å². The Bertz CT molecular complexity index is 1340. The smallest absolute Gasteiger partial charge is 0.410 e. The predicted molar refractivity (Wildman–Crippen MR) is 149 cm³/mol. The van der Waals surface area contributed by atoms with E-state index in [0.717, 1.165) is 44.5 Å². The van der Waals surface area contributed by atoms with E-state index in [2.05, 4.69) is 15.1 Å². The van der Waals surface area contributed by atoms with Gasteiger partial charge < -0.3 is 20.7 Å². The third-order valence-electron chi connectivity index (χ3n) is 6.15. The fourth-order valence-electron chi connectivity index (χ4n) is 4.13. The molecule has 0 bridgehead atoms. The van der Waals surface area contributed by atoms with Gasteiger partial charge in [-0.15, -0.1) is 0 Å². The summed E-state index contributed by atoms with van der Waals surface area (Å²) in [6, 6.07) is 16.1. The minimum absolute atomic E-state index is 0.0662. The van der Waals surface area contributed by atoms with E-state index in [4.69, 9.17) is 33.7 Å². The molecule has 0 unspecified atom stereocenters. The number of benzene rings is 3. The monoisotopic (exact) mass is 556 g/mol. The van der Waals surface area contributed by atoms with Crippen LogP contribution in [0.15, 0.2) is 72.8 Å². The van der Waals surface area contributed by atoms with Crippen molar-refractivity contribution in [1.82, 2.24) is 10.2 Å². The number of anilines is 1. The summed E-state index contributed by atoms with van der Waals surface area (Å²) in [6.07, 6.45) is 3.14. The lowest BCUT2D eigenvalue weighted by Crippen LogP contribution is -2.46. The van der Waals surface area contributed by atoms with Gasteiger partial charge in [0.05, 0.1) is 15.7 Å². The van der Waals surface area contributed by atoms with Crippen LogP contribution >= 0.6 is 23.2 Å². The second kappa shape index (κ2) is 12.8. The molecule has 0 saturated carbocycles. The van der Waals surface area contributed by atoms with E-state index in [1.165, 1.54) is 18.2 Å². The molecule has 38 heavy (non-hydrogen) atoms. The number of hydrogen-bond acceptors (Lipinski definition) is 5. The quantitative estimate of drug-likeness (QED) is 0.364. The molecule has 3 N–H and O–H groups in total. The second-order valence-electron chi connectivity index (χ2n) is 8.69. The van der Waals surface area contributed by atoms with E-state index in [0.29, 0.717) is 15.6 Å². The minimum Gasteiger partial charge on any atom is -0.410 e. The number of nitrogens with zero attached hydrogens (tertiary/aromatic N) is 2.